The molecule has 0 bridgehead atoms. The Bertz CT molecular complexity index is 407. The van der Waals surface area contributed by atoms with E-state index in [9.17, 15) is 9.90 Å². The predicted molar refractivity (Wildman–Crippen MR) is 76.1 cm³/mol. The van der Waals surface area contributed by atoms with E-state index >= 15 is 0 Å². The number of ether oxygens (including phenoxy) is 1. The van der Waals surface area contributed by atoms with Crippen LogP contribution in [0.4, 0.5) is 0 Å². The Morgan fingerprint density at radius 3 is 2.80 bits per heavy atom. The fourth-order valence-electron chi connectivity index (χ4n) is 1.80. The topological polar surface area (TPSA) is 70.6 Å². The molecule has 0 heterocycles. The first-order chi connectivity index (χ1) is 9.74. The summed E-state index contributed by atoms with van der Waals surface area (Å²) in [5.41, 5.74) is 1.08. The molecule has 5 nitrogen and oxygen atoms in total. The zero-order valence-corrected chi connectivity index (χ0v) is 11.5. The van der Waals surface area contributed by atoms with Crippen LogP contribution < -0.4 is 10.6 Å². The molecular weight excluding hydrogens is 256 g/mol. The molecule has 1 aromatic carbocycles. The maximum Gasteiger partial charge on any atom is 0.234 e. The molecule has 20 heavy (non-hydrogen) atoms. The average molecular weight is 278 g/mol. The lowest BCUT2D eigenvalue weighted by molar-refractivity contribution is -0.120. The molecule has 0 aromatic heterocycles. The lowest BCUT2D eigenvalue weighted by atomic mass is 10.2. The van der Waals surface area contributed by atoms with E-state index in [-0.39, 0.29) is 19.1 Å². The fraction of sp³-hybridized carbons (Fsp3) is 0.533. The smallest absolute Gasteiger partial charge is 0.234 e. The number of aliphatic hydroxyl groups excluding tert-OH is 1. The van der Waals surface area contributed by atoms with E-state index in [1.54, 1.807) is 0 Å². The quantitative estimate of drug-likeness (QED) is 0.613. The third kappa shape index (κ3) is 6.14. The molecule has 0 radical (unpaired) electrons. The number of nitrogens with one attached hydrogen (secondary N) is 2. The van der Waals surface area contributed by atoms with E-state index in [1.807, 2.05) is 30.3 Å². The van der Waals surface area contributed by atoms with Crippen molar-refractivity contribution in [3.8, 4) is 0 Å². The molecular formula is C15H22N2O3. The summed E-state index contributed by atoms with van der Waals surface area (Å²) in [4.78, 5) is 11.4. The lowest BCUT2D eigenvalue weighted by Gasteiger charge is -2.12. The molecule has 110 valence electrons. The van der Waals surface area contributed by atoms with Crippen LogP contribution in [0.3, 0.4) is 0 Å². The molecule has 5 heteroatoms. The standard InChI is InChI=1S/C15H22N2O3/c18-14(8-16-9-15(19)17-13-6-7-13)11-20-10-12-4-2-1-3-5-12/h1-5,13-14,16,18H,6-11H2,(H,17,19). The highest BCUT2D eigenvalue weighted by Gasteiger charge is 2.22. The first kappa shape index (κ1) is 15.0. The fourth-order valence-corrected chi connectivity index (χ4v) is 1.80. The normalized spacial score (nSPS) is 15.8. The molecule has 0 aliphatic heterocycles. The highest BCUT2D eigenvalue weighted by Crippen LogP contribution is 2.18. The molecule has 0 saturated heterocycles. The van der Waals surface area contributed by atoms with Gasteiger partial charge in [-0.05, 0) is 18.4 Å². The van der Waals surface area contributed by atoms with E-state index < -0.39 is 6.10 Å². The van der Waals surface area contributed by atoms with Gasteiger partial charge in [-0.25, -0.2) is 0 Å². The maximum absolute atomic E-state index is 11.4. The summed E-state index contributed by atoms with van der Waals surface area (Å²) < 4.78 is 5.42. The Hall–Kier alpha value is -1.43. The Balaban J connectivity index is 1.49. The Morgan fingerprint density at radius 2 is 2.10 bits per heavy atom. The van der Waals surface area contributed by atoms with Gasteiger partial charge in [0.2, 0.25) is 5.91 Å². The van der Waals surface area contributed by atoms with E-state index in [1.165, 1.54) is 0 Å². The summed E-state index contributed by atoms with van der Waals surface area (Å²) in [5, 5.41) is 15.5. The molecule has 1 amide bonds. The number of aliphatic hydroxyl groups is 1. The number of rotatable bonds is 9. The van der Waals surface area contributed by atoms with Gasteiger partial charge in [0, 0.05) is 12.6 Å². The largest absolute Gasteiger partial charge is 0.389 e. The van der Waals surface area contributed by atoms with Crippen molar-refractivity contribution < 1.29 is 14.6 Å². The minimum absolute atomic E-state index is 0.00935. The van der Waals surface area contributed by atoms with Crippen LogP contribution >= 0.6 is 0 Å². The Kier molecular flexibility index (Phi) is 5.98. The first-order valence-corrected chi connectivity index (χ1v) is 7.04. The summed E-state index contributed by atoms with van der Waals surface area (Å²) in [5.74, 6) is -0.00935. The summed E-state index contributed by atoms with van der Waals surface area (Å²) in [6.45, 7) is 1.34. The summed E-state index contributed by atoms with van der Waals surface area (Å²) in [6.07, 6.45) is 1.57. The van der Waals surface area contributed by atoms with Gasteiger partial charge in [-0.2, -0.15) is 0 Å². The lowest BCUT2D eigenvalue weighted by Crippen LogP contribution is -2.39. The highest BCUT2D eigenvalue weighted by atomic mass is 16.5. The third-order valence-corrected chi connectivity index (χ3v) is 3.03. The van der Waals surface area contributed by atoms with Crippen molar-refractivity contribution >= 4 is 5.91 Å². The summed E-state index contributed by atoms with van der Waals surface area (Å²) >= 11 is 0. The Labute approximate surface area is 119 Å². The zero-order chi connectivity index (χ0) is 14.2. The van der Waals surface area contributed by atoms with Gasteiger partial charge in [0.15, 0.2) is 0 Å². The second-order valence-electron chi connectivity index (χ2n) is 5.13. The van der Waals surface area contributed by atoms with Crippen molar-refractivity contribution in [2.24, 2.45) is 0 Å². The molecule has 2 rings (SSSR count). The summed E-state index contributed by atoms with van der Waals surface area (Å²) in [6, 6.07) is 10.2. The minimum atomic E-state index is -0.604. The monoisotopic (exact) mass is 278 g/mol. The van der Waals surface area contributed by atoms with E-state index in [0.717, 1.165) is 18.4 Å². The molecule has 1 aliphatic rings. The maximum atomic E-state index is 11.4. The number of benzene rings is 1. The van der Waals surface area contributed by atoms with Gasteiger partial charge in [0.25, 0.3) is 0 Å². The minimum Gasteiger partial charge on any atom is -0.389 e. The number of hydrogen-bond acceptors (Lipinski definition) is 4. The van der Waals surface area contributed by atoms with Crippen molar-refractivity contribution in [3.63, 3.8) is 0 Å². The van der Waals surface area contributed by atoms with E-state index in [0.29, 0.717) is 19.2 Å². The van der Waals surface area contributed by atoms with Crippen molar-refractivity contribution in [2.45, 2.75) is 31.6 Å². The van der Waals surface area contributed by atoms with Gasteiger partial charge in [-0.3, -0.25) is 4.79 Å². The van der Waals surface area contributed by atoms with Gasteiger partial charge >= 0.3 is 0 Å². The third-order valence-electron chi connectivity index (χ3n) is 3.03. The van der Waals surface area contributed by atoms with Gasteiger partial charge < -0.3 is 20.5 Å². The van der Waals surface area contributed by atoms with E-state index in [4.69, 9.17) is 4.74 Å². The van der Waals surface area contributed by atoms with Crippen molar-refractivity contribution in [1.82, 2.24) is 10.6 Å². The highest BCUT2D eigenvalue weighted by molar-refractivity contribution is 5.78. The van der Waals surface area contributed by atoms with E-state index in [2.05, 4.69) is 10.6 Å². The second kappa shape index (κ2) is 7.99. The number of carbonyl (C=O) groups excluding carboxylic acids is 1. The molecule has 0 spiro atoms. The van der Waals surface area contributed by atoms with Crippen molar-refractivity contribution in [2.75, 3.05) is 19.7 Å². The van der Waals surface area contributed by atoms with Crippen molar-refractivity contribution in [3.05, 3.63) is 35.9 Å². The zero-order valence-electron chi connectivity index (χ0n) is 11.5. The number of carbonyl (C=O) groups is 1. The van der Waals surface area contributed by atoms with Crippen LogP contribution in [0.15, 0.2) is 30.3 Å². The molecule has 1 aromatic rings. The number of amides is 1. The molecule has 1 atom stereocenters. The molecule has 1 unspecified atom stereocenters. The van der Waals surface area contributed by atoms with Gasteiger partial charge in [0.1, 0.15) is 0 Å². The van der Waals surface area contributed by atoms with Crippen LogP contribution in [0, 0.1) is 0 Å². The predicted octanol–water partition coefficient (Wildman–Crippen LogP) is 0.432. The van der Waals surface area contributed by atoms with Gasteiger partial charge in [-0.15, -0.1) is 0 Å². The van der Waals surface area contributed by atoms with Crippen molar-refractivity contribution in [1.29, 1.82) is 0 Å². The molecule has 1 fully saturated rings. The van der Waals surface area contributed by atoms with Crippen LogP contribution in [0.5, 0.6) is 0 Å². The van der Waals surface area contributed by atoms with Crippen LogP contribution in [0.1, 0.15) is 18.4 Å². The molecule has 1 saturated carbocycles. The number of hydrogen-bond donors (Lipinski definition) is 3. The van der Waals surface area contributed by atoms with Crippen LogP contribution in [0.2, 0.25) is 0 Å². The van der Waals surface area contributed by atoms with Crippen LogP contribution in [-0.4, -0.2) is 42.9 Å². The Morgan fingerprint density at radius 1 is 1.35 bits per heavy atom. The van der Waals surface area contributed by atoms with Gasteiger partial charge in [0.05, 0.1) is 25.9 Å². The SMILES string of the molecule is O=C(CNCC(O)COCc1ccccc1)NC1CC1. The van der Waals surface area contributed by atoms with Gasteiger partial charge in [-0.1, -0.05) is 30.3 Å². The first-order valence-electron chi connectivity index (χ1n) is 7.04. The second-order valence-corrected chi connectivity index (χ2v) is 5.13. The van der Waals surface area contributed by atoms with Crippen LogP contribution in [-0.2, 0) is 16.1 Å². The molecule has 1 aliphatic carbocycles. The summed E-state index contributed by atoms with van der Waals surface area (Å²) in [7, 11) is 0. The molecule has 3 N–H and O–H groups in total. The van der Waals surface area contributed by atoms with Crippen LogP contribution in [0.25, 0.3) is 0 Å². The average Bonchev–Trinajstić information content (AvgIpc) is 3.24.